The van der Waals surface area contributed by atoms with E-state index in [1.807, 2.05) is 38.1 Å². The molecule has 0 fully saturated rings. The zero-order valence-electron chi connectivity index (χ0n) is 14.2. The maximum absolute atomic E-state index is 12.2. The van der Waals surface area contributed by atoms with Crippen LogP contribution in [-0.2, 0) is 4.79 Å². The summed E-state index contributed by atoms with van der Waals surface area (Å²) in [5.74, 6) is 0.801. The predicted octanol–water partition coefficient (Wildman–Crippen LogP) is 3.89. The maximum atomic E-state index is 12.2. The van der Waals surface area contributed by atoms with Crippen molar-refractivity contribution in [2.24, 2.45) is 0 Å². The van der Waals surface area contributed by atoms with E-state index in [1.165, 1.54) is 31.3 Å². The Balaban J connectivity index is 1.79. The molecule has 4 heteroatoms. The average Bonchev–Trinajstić information content (AvgIpc) is 2.57. The highest BCUT2D eigenvalue weighted by Gasteiger charge is 2.14. The van der Waals surface area contributed by atoms with E-state index in [4.69, 9.17) is 4.74 Å². The molecule has 1 atom stereocenters. The second-order valence-electron chi connectivity index (χ2n) is 5.94. The number of allylic oxidation sites excluding steroid dienone is 1. The van der Waals surface area contributed by atoms with E-state index >= 15 is 0 Å². The lowest BCUT2D eigenvalue weighted by molar-refractivity contribution is -0.121. The molecular formula is C19H28N2O2. The van der Waals surface area contributed by atoms with Crippen molar-refractivity contribution < 1.29 is 9.53 Å². The van der Waals surface area contributed by atoms with Gasteiger partial charge in [0.05, 0.1) is 12.3 Å². The van der Waals surface area contributed by atoms with Crippen molar-refractivity contribution in [3.8, 4) is 5.75 Å². The number of amides is 1. The van der Waals surface area contributed by atoms with Gasteiger partial charge in [-0.1, -0.05) is 23.8 Å². The molecule has 4 nitrogen and oxygen atoms in total. The number of carbonyl (C=O) groups is 1. The monoisotopic (exact) mass is 316 g/mol. The predicted molar refractivity (Wildman–Crippen MR) is 94.9 cm³/mol. The first-order valence-electron chi connectivity index (χ1n) is 8.64. The summed E-state index contributed by atoms with van der Waals surface area (Å²) in [6, 6.07) is 7.41. The Morgan fingerprint density at radius 2 is 2.13 bits per heavy atom. The highest BCUT2D eigenvalue weighted by Crippen LogP contribution is 2.24. The summed E-state index contributed by atoms with van der Waals surface area (Å²) in [6.07, 6.45) is 8.26. The van der Waals surface area contributed by atoms with Crippen LogP contribution in [-0.4, -0.2) is 25.1 Å². The second kappa shape index (κ2) is 9.23. The number of benzene rings is 1. The van der Waals surface area contributed by atoms with Crippen LogP contribution in [0.15, 0.2) is 35.9 Å². The molecule has 0 bridgehead atoms. The van der Waals surface area contributed by atoms with Gasteiger partial charge < -0.3 is 15.4 Å². The molecule has 126 valence electrons. The van der Waals surface area contributed by atoms with Gasteiger partial charge in [0.25, 0.3) is 0 Å². The van der Waals surface area contributed by atoms with Gasteiger partial charge in [0, 0.05) is 6.54 Å². The number of carbonyl (C=O) groups excluding carboxylic acids is 1. The summed E-state index contributed by atoms with van der Waals surface area (Å²) in [5, 5.41) is 6.25. The van der Waals surface area contributed by atoms with Gasteiger partial charge >= 0.3 is 0 Å². The highest BCUT2D eigenvalue weighted by atomic mass is 16.5. The van der Waals surface area contributed by atoms with Crippen molar-refractivity contribution in [1.29, 1.82) is 0 Å². The summed E-state index contributed by atoms with van der Waals surface area (Å²) in [5.41, 5.74) is 2.34. The van der Waals surface area contributed by atoms with E-state index in [9.17, 15) is 4.79 Å². The van der Waals surface area contributed by atoms with Crippen LogP contribution in [0.3, 0.4) is 0 Å². The van der Waals surface area contributed by atoms with Gasteiger partial charge in [0.2, 0.25) is 5.91 Å². The molecule has 0 saturated heterocycles. The van der Waals surface area contributed by atoms with Crippen molar-refractivity contribution in [3.63, 3.8) is 0 Å². The van der Waals surface area contributed by atoms with Gasteiger partial charge in [-0.2, -0.15) is 0 Å². The number of para-hydroxylation sites is 2. The Bertz CT molecular complexity index is 540. The second-order valence-corrected chi connectivity index (χ2v) is 5.94. The van der Waals surface area contributed by atoms with Crippen LogP contribution in [0.5, 0.6) is 5.75 Å². The van der Waals surface area contributed by atoms with E-state index in [0.29, 0.717) is 13.2 Å². The molecule has 0 aliphatic heterocycles. The first kappa shape index (κ1) is 17.4. The molecule has 23 heavy (non-hydrogen) atoms. The highest BCUT2D eigenvalue weighted by molar-refractivity contribution is 5.84. The molecule has 2 N–H and O–H groups in total. The third-order valence-corrected chi connectivity index (χ3v) is 4.08. The molecule has 1 unspecified atom stereocenters. The van der Waals surface area contributed by atoms with Crippen LogP contribution in [0.4, 0.5) is 5.69 Å². The minimum atomic E-state index is -0.294. The molecular weight excluding hydrogens is 288 g/mol. The van der Waals surface area contributed by atoms with Gasteiger partial charge in [0.1, 0.15) is 11.8 Å². The number of ether oxygens (including phenoxy) is 1. The fraction of sp³-hybridized carbons (Fsp3) is 0.526. The van der Waals surface area contributed by atoms with Crippen molar-refractivity contribution in [2.45, 2.75) is 52.0 Å². The zero-order valence-corrected chi connectivity index (χ0v) is 14.2. The number of hydrogen-bond donors (Lipinski definition) is 2. The minimum Gasteiger partial charge on any atom is -0.492 e. The Labute approximate surface area is 139 Å². The Morgan fingerprint density at radius 1 is 1.30 bits per heavy atom. The third kappa shape index (κ3) is 5.62. The summed E-state index contributed by atoms with van der Waals surface area (Å²) in [7, 11) is 0. The molecule has 1 amide bonds. The smallest absolute Gasteiger partial charge is 0.242 e. The van der Waals surface area contributed by atoms with Crippen LogP contribution >= 0.6 is 0 Å². The lowest BCUT2D eigenvalue weighted by atomic mass is 9.97. The lowest BCUT2D eigenvalue weighted by Crippen LogP contribution is -2.38. The van der Waals surface area contributed by atoms with Crippen LogP contribution < -0.4 is 15.4 Å². The Kier molecular flexibility index (Phi) is 6.98. The molecule has 1 aliphatic carbocycles. The number of hydrogen-bond acceptors (Lipinski definition) is 3. The van der Waals surface area contributed by atoms with Crippen molar-refractivity contribution in [2.75, 3.05) is 18.5 Å². The lowest BCUT2D eigenvalue weighted by Gasteiger charge is -2.18. The molecule has 0 heterocycles. The molecule has 1 aliphatic rings. The van der Waals surface area contributed by atoms with E-state index in [2.05, 4.69) is 16.7 Å². The molecule has 1 aromatic carbocycles. The van der Waals surface area contributed by atoms with Crippen LogP contribution in [0, 0.1) is 0 Å². The van der Waals surface area contributed by atoms with Gasteiger partial charge in [-0.25, -0.2) is 0 Å². The number of anilines is 1. The van der Waals surface area contributed by atoms with Gasteiger partial charge in [-0.3, -0.25) is 4.79 Å². The molecule has 0 saturated carbocycles. The summed E-state index contributed by atoms with van der Waals surface area (Å²) >= 11 is 0. The average molecular weight is 316 g/mol. The van der Waals surface area contributed by atoms with E-state index < -0.39 is 0 Å². The van der Waals surface area contributed by atoms with Crippen molar-refractivity contribution in [3.05, 3.63) is 35.9 Å². The first-order valence-corrected chi connectivity index (χ1v) is 8.64. The number of nitrogens with one attached hydrogen (secondary N) is 2. The quantitative estimate of drug-likeness (QED) is 0.715. The fourth-order valence-electron chi connectivity index (χ4n) is 2.80. The van der Waals surface area contributed by atoms with Crippen LogP contribution in [0.2, 0.25) is 0 Å². The van der Waals surface area contributed by atoms with E-state index in [-0.39, 0.29) is 11.9 Å². The largest absolute Gasteiger partial charge is 0.492 e. The van der Waals surface area contributed by atoms with Crippen molar-refractivity contribution >= 4 is 11.6 Å². The Hall–Kier alpha value is -1.97. The topological polar surface area (TPSA) is 50.4 Å². The van der Waals surface area contributed by atoms with E-state index in [0.717, 1.165) is 17.9 Å². The standard InChI is InChI=1S/C19H28N2O2/c1-3-23-18-12-8-7-11-17(18)21-15(2)19(22)20-14-13-16-9-5-4-6-10-16/h7-9,11-12,15,21H,3-6,10,13-14H2,1-2H3,(H,20,22). The first-order chi connectivity index (χ1) is 11.2. The fourth-order valence-corrected chi connectivity index (χ4v) is 2.80. The summed E-state index contributed by atoms with van der Waals surface area (Å²) in [6.45, 7) is 5.14. The van der Waals surface area contributed by atoms with Crippen molar-refractivity contribution in [1.82, 2.24) is 5.32 Å². The van der Waals surface area contributed by atoms with E-state index in [1.54, 1.807) is 0 Å². The molecule has 0 spiro atoms. The van der Waals surface area contributed by atoms with Crippen LogP contribution in [0.1, 0.15) is 46.0 Å². The molecule has 1 aromatic rings. The summed E-state index contributed by atoms with van der Waals surface area (Å²) in [4.78, 5) is 12.2. The third-order valence-electron chi connectivity index (χ3n) is 4.08. The van der Waals surface area contributed by atoms with Crippen LogP contribution in [0.25, 0.3) is 0 Å². The molecule has 0 radical (unpaired) electrons. The van der Waals surface area contributed by atoms with Gasteiger partial charge in [-0.15, -0.1) is 0 Å². The Morgan fingerprint density at radius 3 is 2.87 bits per heavy atom. The molecule has 0 aromatic heterocycles. The normalized spacial score (nSPS) is 15.5. The zero-order chi connectivity index (χ0) is 16.5. The van der Waals surface area contributed by atoms with Gasteiger partial charge in [-0.05, 0) is 58.1 Å². The SMILES string of the molecule is CCOc1ccccc1NC(C)C(=O)NCCC1=CCCCC1. The molecule has 2 rings (SSSR count). The summed E-state index contributed by atoms with van der Waals surface area (Å²) < 4.78 is 5.58. The number of rotatable bonds is 8. The van der Waals surface area contributed by atoms with Gasteiger partial charge in [0.15, 0.2) is 0 Å². The minimum absolute atomic E-state index is 0.0210. The maximum Gasteiger partial charge on any atom is 0.242 e.